The van der Waals surface area contributed by atoms with E-state index in [0.29, 0.717) is 0 Å². The molecule has 3 rings (SSSR count). The highest BCUT2D eigenvalue weighted by molar-refractivity contribution is 5.03. The second kappa shape index (κ2) is 4.01. The van der Waals surface area contributed by atoms with Gasteiger partial charge in [-0.1, -0.05) is 25.7 Å². The lowest BCUT2D eigenvalue weighted by Crippen LogP contribution is -2.53. The van der Waals surface area contributed by atoms with Crippen molar-refractivity contribution < 1.29 is 0 Å². The van der Waals surface area contributed by atoms with E-state index in [4.69, 9.17) is 5.73 Å². The minimum atomic E-state index is 0.153. The molecule has 4 atom stereocenters. The van der Waals surface area contributed by atoms with Gasteiger partial charge in [-0.3, -0.25) is 0 Å². The summed E-state index contributed by atoms with van der Waals surface area (Å²) < 4.78 is 0. The van der Waals surface area contributed by atoms with E-state index in [2.05, 4.69) is 6.92 Å². The number of fused-ring (bicyclic) bond motifs is 2. The fraction of sp³-hybridized carbons (Fsp3) is 1.00. The Bertz CT molecular complexity index is 252. The summed E-state index contributed by atoms with van der Waals surface area (Å²) in [4.78, 5) is 0. The van der Waals surface area contributed by atoms with Gasteiger partial charge in [0.25, 0.3) is 0 Å². The lowest BCUT2D eigenvalue weighted by atomic mass is 9.65. The Labute approximate surface area is 100 Å². The van der Waals surface area contributed by atoms with Crippen LogP contribution in [0.3, 0.4) is 0 Å². The first-order chi connectivity index (χ1) is 7.68. The first-order valence-electron chi connectivity index (χ1n) is 7.47. The zero-order chi connectivity index (χ0) is 11.2. The lowest BCUT2D eigenvalue weighted by molar-refractivity contribution is 0.110. The molecular weight excluding hydrogens is 194 g/mol. The summed E-state index contributed by atoms with van der Waals surface area (Å²) >= 11 is 0. The minimum Gasteiger partial charge on any atom is -0.325 e. The third kappa shape index (κ3) is 1.72. The summed E-state index contributed by atoms with van der Waals surface area (Å²) in [6.07, 6.45) is 13.1. The highest BCUT2D eigenvalue weighted by Crippen LogP contribution is 2.54. The molecule has 0 aromatic rings. The normalized spacial score (nSPS) is 43.5. The van der Waals surface area contributed by atoms with Gasteiger partial charge < -0.3 is 5.73 Å². The van der Waals surface area contributed by atoms with Gasteiger partial charge in [-0.05, 0) is 62.7 Å². The van der Waals surface area contributed by atoms with E-state index < -0.39 is 0 Å². The van der Waals surface area contributed by atoms with Gasteiger partial charge in [0.05, 0.1) is 0 Å². The Morgan fingerprint density at radius 2 is 1.69 bits per heavy atom. The average Bonchev–Trinajstić information content (AvgIpc) is 2.92. The Hall–Kier alpha value is -0.0400. The van der Waals surface area contributed by atoms with Gasteiger partial charge in [-0.2, -0.15) is 0 Å². The maximum absolute atomic E-state index is 6.78. The number of rotatable bonds is 2. The van der Waals surface area contributed by atoms with Crippen LogP contribution in [0.15, 0.2) is 0 Å². The van der Waals surface area contributed by atoms with Gasteiger partial charge in [0.2, 0.25) is 0 Å². The maximum Gasteiger partial charge on any atom is 0.0185 e. The van der Waals surface area contributed by atoms with Crippen LogP contribution in [0, 0.1) is 23.7 Å². The van der Waals surface area contributed by atoms with Gasteiger partial charge >= 0.3 is 0 Å². The monoisotopic (exact) mass is 221 g/mol. The molecule has 0 heterocycles. The second-order valence-electron chi connectivity index (χ2n) is 6.98. The van der Waals surface area contributed by atoms with Crippen LogP contribution in [-0.4, -0.2) is 5.54 Å². The van der Waals surface area contributed by atoms with E-state index in [1.807, 2.05) is 0 Å². The van der Waals surface area contributed by atoms with Gasteiger partial charge in [-0.15, -0.1) is 0 Å². The van der Waals surface area contributed by atoms with Crippen molar-refractivity contribution in [2.45, 2.75) is 70.3 Å². The van der Waals surface area contributed by atoms with Crippen LogP contribution < -0.4 is 5.73 Å². The smallest absolute Gasteiger partial charge is 0.0185 e. The van der Waals surface area contributed by atoms with Gasteiger partial charge in [-0.25, -0.2) is 0 Å². The molecule has 4 unspecified atom stereocenters. The largest absolute Gasteiger partial charge is 0.325 e. The van der Waals surface area contributed by atoms with Crippen molar-refractivity contribution >= 4 is 0 Å². The molecule has 1 nitrogen and oxygen atoms in total. The van der Waals surface area contributed by atoms with E-state index in [1.165, 1.54) is 57.8 Å². The van der Waals surface area contributed by atoms with Crippen LogP contribution >= 0.6 is 0 Å². The van der Waals surface area contributed by atoms with E-state index in [0.717, 1.165) is 23.7 Å². The summed E-state index contributed by atoms with van der Waals surface area (Å²) in [5, 5.41) is 0. The van der Waals surface area contributed by atoms with E-state index in [9.17, 15) is 0 Å². The van der Waals surface area contributed by atoms with E-state index >= 15 is 0 Å². The van der Waals surface area contributed by atoms with Crippen molar-refractivity contribution in [3.63, 3.8) is 0 Å². The van der Waals surface area contributed by atoms with Crippen molar-refractivity contribution in [2.24, 2.45) is 29.4 Å². The SMILES string of the molecule is CC(N)(C1CCCCC1)C1CC2CCC1C2. The molecule has 0 amide bonds. The van der Waals surface area contributed by atoms with Gasteiger partial charge in [0, 0.05) is 5.54 Å². The van der Waals surface area contributed by atoms with Crippen molar-refractivity contribution in [3.05, 3.63) is 0 Å². The number of nitrogens with two attached hydrogens (primary N) is 1. The summed E-state index contributed by atoms with van der Waals surface area (Å²) in [7, 11) is 0. The standard InChI is InChI=1S/C15H27N/c1-15(16,13-5-3-2-4-6-13)14-10-11-7-8-12(14)9-11/h11-14H,2-10,16H2,1H3. The van der Waals surface area contributed by atoms with Crippen molar-refractivity contribution in [2.75, 3.05) is 0 Å². The highest BCUT2D eigenvalue weighted by atomic mass is 14.8. The topological polar surface area (TPSA) is 26.0 Å². The van der Waals surface area contributed by atoms with Crippen LogP contribution in [-0.2, 0) is 0 Å². The van der Waals surface area contributed by atoms with Crippen LogP contribution in [0.4, 0.5) is 0 Å². The Morgan fingerprint density at radius 1 is 0.938 bits per heavy atom. The zero-order valence-electron chi connectivity index (χ0n) is 10.8. The first-order valence-corrected chi connectivity index (χ1v) is 7.47. The summed E-state index contributed by atoms with van der Waals surface area (Å²) in [5.41, 5.74) is 6.94. The van der Waals surface area contributed by atoms with Gasteiger partial charge in [0.1, 0.15) is 0 Å². The van der Waals surface area contributed by atoms with Crippen LogP contribution in [0.25, 0.3) is 0 Å². The lowest BCUT2D eigenvalue weighted by Gasteiger charge is -2.44. The van der Waals surface area contributed by atoms with Gasteiger partial charge in [0.15, 0.2) is 0 Å². The van der Waals surface area contributed by atoms with Crippen molar-refractivity contribution in [1.29, 1.82) is 0 Å². The minimum absolute atomic E-state index is 0.153. The molecule has 16 heavy (non-hydrogen) atoms. The van der Waals surface area contributed by atoms with Crippen molar-refractivity contribution in [3.8, 4) is 0 Å². The molecule has 0 aromatic carbocycles. The Kier molecular flexibility index (Phi) is 2.78. The summed E-state index contributed by atoms with van der Waals surface area (Å²) in [5.74, 6) is 3.71. The molecule has 1 heteroatoms. The highest BCUT2D eigenvalue weighted by Gasteiger charge is 2.49. The molecule has 3 fully saturated rings. The molecule has 0 aromatic heterocycles. The molecule has 3 aliphatic carbocycles. The molecule has 2 N–H and O–H groups in total. The molecule has 3 aliphatic rings. The summed E-state index contributed by atoms with van der Waals surface area (Å²) in [6, 6.07) is 0. The fourth-order valence-electron chi connectivity index (χ4n) is 5.03. The second-order valence-corrected chi connectivity index (χ2v) is 6.98. The molecule has 3 saturated carbocycles. The van der Waals surface area contributed by atoms with Crippen molar-refractivity contribution in [1.82, 2.24) is 0 Å². The first kappa shape index (κ1) is 11.1. The molecule has 0 aliphatic heterocycles. The Morgan fingerprint density at radius 3 is 2.25 bits per heavy atom. The Balaban J connectivity index is 1.71. The molecule has 92 valence electrons. The summed E-state index contributed by atoms with van der Waals surface area (Å²) in [6.45, 7) is 2.38. The third-order valence-corrected chi connectivity index (χ3v) is 6.02. The fourth-order valence-corrected chi connectivity index (χ4v) is 5.03. The number of hydrogen-bond donors (Lipinski definition) is 1. The van der Waals surface area contributed by atoms with E-state index in [1.54, 1.807) is 0 Å². The third-order valence-electron chi connectivity index (χ3n) is 6.02. The average molecular weight is 221 g/mol. The molecule has 0 saturated heterocycles. The zero-order valence-corrected chi connectivity index (χ0v) is 10.8. The van der Waals surface area contributed by atoms with E-state index in [-0.39, 0.29) is 5.54 Å². The number of hydrogen-bond acceptors (Lipinski definition) is 1. The molecular formula is C15H27N. The maximum atomic E-state index is 6.78. The molecule has 0 spiro atoms. The predicted octanol–water partition coefficient (Wildman–Crippen LogP) is 3.72. The molecule has 2 bridgehead atoms. The van der Waals surface area contributed by atoms with Crippen LogP contribution in [0.1, 0.15) is 64.7 Å². The van der Waals surface area contributed by atoms with Crippen LogP contribution in [0.2, 0.25) is 0 Å². The molecule has 0 radical (unpaired) electrons. The van der Waals surface area contributed by atoms with Crippen LogP contribution in [0.5, 0.6) is 0 Å². The quantitative estimate of drug-likeness (QED) is 0.755. The predicted molar refractivity (Wildman–Crippen MR) is 68.1 cm³/mol.